The smallest absolute Gasteiger partial charge is 0.343 e. The minimum absolute atomic E-state index is 0.160. The summed E-state index contributed by atoms with van der Waals surface area (Å²) in [7, 11) is 1.37. The van der Waals surface area contributed by atoms with Crippen molar-refractivity contribution < 1.29 is 19.2 Å². The number of nitro benzene ring substituents is 1. The Morgan fingerprint density at radius 3 is 2.62 bits per heavy atom. The summed E-state index contributed by atoms with van der Waals surface area (Å²) in [6.45, 7) is 3.91. The van der Waals surface area contributed by atoms with Crippen molar-refractivity contribution >= 4 is 23.5 Å². The van der Waals surface area contributed by atoms with E-state index in [0.717, 1.165) is 16.7 Å². The molecule has 0 spiro atoms. The van der Waals surface area contributed by atoms with Gasteiger partial charge in [0.1, 0.15) is 5.76 Å². The van der Waals surface area contributed by atoms with Crippen LogP contribution in [0, 0.1) is 24.0 Å². The minimum atomic E-state index is -0.523. The van der Waals surface area contributed by atoms with E-state index in [2.05, 4.69) is 0 Å². The summed E-state index contributed by atoms with van der Waals surface area (Å²) in [4.78, 5) is 22.8. The fourth-order valence-electron chi connectivity index (χ4n) is 2.74. The molecule has 0 aromatic heterocycles. The quantitative estimate of drug-likeness (QED) is 0.357. The van der Waals surface area contributed by atoms with E-state index in [-0.39, 0.29) is 11.4 Å². The zero-order valence-corrected chi connectivity index (χ0v) is 14.6. The standard InChI is InChI=1S/C20H17NO5/c1-12-4-5-13(2)16(8-12)19-11-15(20(22)26-19)9-14-6-7-18(25-3)17(10-14)21(23)24/h4-11H,1-3H3/b15-9-. The van der Waals surface area contributed by atoms with Gasteiger partial charge in [0, 0.05) is 11.6 Å². The largest absolute Gasteiger partial charge is 0.490 e. The number of esters is 1. The fraction of sp³-hybridized carbons (Fsp3) is 0.150. The third-order valence-corrected chi connectivity index (χ3v) is 4.11. The van der Waals surface area contributed by atoms with Gasteiger partial charge in [-0.1, -0.05) is 23.8 Å². The summed E-state index contributed by atoms with van der Waals surface area (Å²) in [6, 6.07) is 10.4. The van der Waals surface area contributed by atoms with E-state index in [1.807, 2.05) is 32.0 Å². The number of rotatable bonds is 4. The van der Waals surface area contributed by atoms with Crippen molar-refractivity contribution in [1.29, 1.82) is 0 Å². The summed E-state index contributed by atoms with van der Waals surface area (Å²) >= 11 is 0. The summed E-state index contributed by atoms with van der Waals surface area (Å²) in [5.74, 6) is 0.155. The number of carbonyl (C=O) groups excluding carboxylic acids is 1. The van der Waals surface area contributed by atoms with E-state index >= 15 is 0 Å². The van der Waals surface area contributed by atoms with Gasteiger partial charge in [-0.3, -0.25) is 10.1 Å². The van der Waals surface area contributed by atoms with Gasteiger partial charge in [-0.2, -0.15) is 0 Å². The summed E-state index contributed by atoms with van der Waals surface area (Å²) in [6.07, 6.45) is 3.22. The van der Waals surface area contributed by atoms with Gasteiger partial charge < -0.3 is 9.47 Å². The van der Waals surface area contributed by atoms with Gasteiger partial charge in [0.15, 0.2) is 5.75 Å². The molecule has 1 aliphatic rings. The van der Waals surface area contributed by atoms with Crippen molar-refractivity contribution in [3.63, 3.8) is 0 Å². The number of hydrogen-bond donors (Lipinski definition) is 0. The maximum absolute atomic E-state index is 12.2. The van der Waals surface area contributed by atoms with Gasteiger partial charge in [-0.15, -0.1) is 0 Å². The number of methoxy groups -OCH3 is 1. The molecule has 6 heteroatoms. The Balaban J connectivity index is 2.00. The number of cyclic esters (lactones) is 1. The van der Waals surface area contributed by atoms with Crippen LogP contribution in [0.15, 0.2) is 48.0 Å². The van der Waals surface area contributed by atoms with E-state index < -0.39 is 10.9 Å². The molecule has 2 aromatic carbocycles. The maximum Gasteiger partial charge on any atom is 0.343 e. The van der Waals surface area contributed by atoms with Crippen LogP contribution in [0.3, 0.4) is 0 Å². The Bertz CT molecular complexity index is 972. The van der Waals surface area contributed by atoms with Gasteiger partial charge in [-0.05, 0) is 49.3 Å². The Kier molecular flexibility index (Phi) is 4.58. The second kappa shape index (κ2) is 6.84. The SMILES string of the molecule is COc1ccc(/C=C2/C=C(c3cc(C)ccc3C)OC2=O)cc1[N+](=O)[O-]. The molecule has 0 fully saturated rings. The lowest BCUT2D eigenvalue weighted by atomic mass is 10.0. The number of nitro groups is 1. The van der Waals surface area contributed by atoms with Crippen LogP contribution < -0.4 is 4.74 Å². The van der Waals surface area contributed by atoms with Crippen LogP contribution >= 0.6 is 0 Å². The molecule has 0 aliphatic carbocycles. The van der Waals surface area contributed by atoms with Crippen molar-refractivity contribution in [2.24, 2.45) is 0 Å². The van der Waals surface area contributed by atoms with Gasteiger partial charge >= 0.3 is 11.7 Å². The van der Waals surface area contributed by atoms with E-state index in [1.165, 1.54) is 19.2 Å². The van der Waals surface area contributed by atoms with Crippen molar-refractivity contribution in [2.75, 3.05) is 7.11 Å². The first-order chi connectivity index (χ1) is 12.4. The Labute approximate surface area is 150 Å². The molecule has 0 saturated carbocycles. The average Bonchev–Trinajstić information content (AvgIpc) is 2.97. The topological polar surface area (TPSA) is 78.7 Å². The zero-order chi connectivity index (χ0) is 18.8. The van der Waals surface area contributed by atoms with E-state index in [9.17, 15) is 14.9 Å². The molecular weight excluding hydrogens is 334 g/mol. The lowest BCUT2D eigenvalue weighted by Gasteiger charge is -2.06. The molecule has 0 saturated heterocycles. The highest BCUT2D eigenvalue weighted by atomic mass is 16.6. The molecule has 0 atom stereocenters. The summed E-state index contributed by atoms with van der Waals surface area (Å²) in [5.41, 5.74) is 3.60. The van der Waals surface area contributed by atoms with E-state index in [4.69, 9.17) is 9.47 Å². The molecule has 6 nitrogen and oxygen atoms in total. The van der Waals surface area contributed by atoms with Crippen LogP contribution in [0.2, 0.25) is 0 Å². The van der Waals surface area contributed by atoms with E-state index in [0.29, 0.717) is 16.9 Å². The maximum atomic E-state index is 12.2. The molecule has 2 aromatic rings. The normalized spacial score (nSPS) is 15.0. The lowest BCUT2D eigenvalue weighted by Crippen LogP contribution is -1.98. The lowest BCUT2D eigenvalue weighted by molar-refractivity contribution is -0.385. The third-order valence-electron chi connectivity index (χ3n) is 4.11. The molecular formula is C20H17NO5. The van der Waals surface area contributed by atoms with Gasteiger partial charge in [0.25, 0.3) is 0 Å². The number of hydrogen-bond acceptors (Lipinski definition) is 5. The monoisotopic (exact) mass is 351 g/mol. The van der Waals surface area contributed by atoms with E-state index in [1.54, 1.807) is 18.2 Å². The summed E-state index contributed by atoms with van der Waals surface area (Å²) < 4.78 is 10.4. The fourth-order valence-corrected chi connectivity index (χ4v) is 2.74. The average molecular weight is 351 g/mol. The van der Waals surface area contributed by atoms with Crippen molar-refractivity contribution in [3.05, 3.63) is 80.4 Å². The highest BCUT2D eigenvalue weighted by Crippen LogP contribution is 2.32. The highest BCUT2D eigenvalue weighted by Gasteiger charge is 2.23. The first-order valence-corrected chi connectivity index (χ1v) is 7.94. The van der Waals surface area contributed by atoms with Gasteiger partial charge in [0.2, 0.25) is 0 Å². The second-order valence-electron chi connectivity index (χ2n) is 6.00. The Morgan fingerprint density at radius 2 is 1.92 bits per heavy atom. The number of benzene rings is 2. The molecule has 0 bridgehead atoms. The third kappa shape index (κ3) is 3.35. The molecule has 132 valence electrons. The van der Waals surface area contributed by atoms with Crippen LogP contribution in [0.5, 0.6) is 5.75 Å². The number of nitrogens with zero attached hydrogens (tertiary/aromatic N) is 1. The molecule has 1 heterocycles. The molecule has 0 radical (unpaired) electrons. The predicted molar refractivity (Wildman–Crippen MR) is 97.6 cm³/mol. The Morgan fingerprint density at radius 1 is 1.15 bits per heavy atom. The van der Waals surface area contributed by atoms with Crippen LogP contribution in [-0.2, 0) is 9.53 Å². The zero-order valence-electron chi connectivity index (χ0n) is 14.6. The molecule has 26 heavy (non-hydrogen) atoms. The highest BCUT2D eigenvalue weighted by molar-refractivity contribution is 6.05. The Hall–Kier alpha value is -3.41. The minimum Gasteiger partial charge on any atom is -0.490 e. The predicted octanol–water partition coefficient (Wildman–Crippen LogP) is 4.20. The number of aryl methyl sites for hydroxylation is 2. The van der Waals surface area contributed by atoms with Crippen molar-refractivity contribution in [2.45, 2.75) is 13.8 Å². The molecule has 0 N–H and O–H groups in total. The number of carbonyl (C=O) groups is 1. The van der Waals surface area contributed by atoms with Crippen LogP contribution in [-0.4, -0.2) is 18.0 Å². The van der Waals surface area contributed by atoms with Crippen molar-refractivity contribution in [3.8, 4) is 5.75 Å². The molecule has 0 unspecified atom stereocenters. The molecule has 0 amide bonds. The van der Waals surface area contributed by atoms with Gasteiger partial charge in [0.05, 0.1) is 17.6 Å². The second-order valence-corrected chi connectivity index (χ2v) is 6.00. The van der Waals surface area contributed by atoms with Crippen LogP contribution in [0.25, 0.3) is 11.8 Å². The van der Waals surface area contributed by atoms with Crippen LogP contribution in [0.1, 0.15) is 22.3 Å². The van der Waals surface area contributed by atoms with Crippen LogP contribution in [0.4, 0.5) is 5.69 Å². The molecule has 1 aliphatic heterocycles. The summed E-state index contributed by atoms with van der Waals surface area (Å²) in [5, 5.41) is 11.1. The first kappa shape index (κ1) is 17.4. The number of ether oxygens (including phenoxy) is 2. The van der Waals surface area contributed by atoms with Crippen molar-refractivity contribution in [1.82, 2.24) is 0 Å². The first-order valence-electron chi connectivity index (χ1n) is 7.94. The van der Waals surface area contributed by atoms with Gasteiger partial charge in [-0.25, -0.2) is 4.79 Å². The molecule has 3 rings (SSSR count).